The molecule has 2 fully saturated rings. The van der Waals surface area contributed by atoms with Gasteiger partial charge >= 0.3 is 12.1 Å². The number of anilines is 1. The first-order chi connectivity index (χ1) is 18.6. The molecule has 11 nitrogen and oxygen atoms in total. The van der Waals surface area contributed by atoms with Crippen molar-refractivity contribution in [2.75, 3.05) is 11.9 Å². The van der Waals surface area contributed by atoms with Crippen LogP contribution in [0.4, 0.5) is 10.5 Å². The maximum absolute atomic E-state index is 12.9. The number of nitrogens with one attached hydrogen (secondary N) is 3. The highest BCUT2D eigenvalue weighted by Crippen LogP contribution is 2.42. The molecule has 0 bridgehead atoms. The zero-order chi connectivity index (χ0) is 28.5. The second kappa shape index (κ2) is 15.2. The lowest BCUT2D eigenvalue weighted by Crippen LogP contribution is -2.46. The molecule has 0 spiro atoms. The van der Waals surface area contributed by atoms with Crippen LogP contribution in [-0.4, -0.2) is 55.7 Å². The first kappa shape index (κ1) is 33.4. The highest BCUT2D eigenvalue weighted by Gasteiger charge is 2.56. The van der Waals surface area contributed by atoms with Gasteiger partial charge in [0.1, 0.15) is 22.6 Å². The topological polar surface area (TPSA) is 177 Å². The van der Waals surface area contributed by atoms with Crippen LogP contribution in [0.5, 0.6) is 0 Å². The van der Waals surface area contributed by atoms with Gasteiger partial charge in [-0.1, -0.05) is 43.9 Å². The molecule has 6 N–H and O–H groups in total. The predicted molar refractivity (Wildman–Crippen MR) is 154 cm³/mol. The number of carboxylic acids is 1. The van der Waals surface area contributed by atoms with E-state index in [4.69, 9.17) is 10.5 Å². The molecule has 2 aliphatic rings. The summed E-state index contributed by atoms with van der Waals surface area (Å²) < 4.78 is 33.1. The lowest BCUT2D eigenvalue weighted by Gasteiger charge is -2.17. The van der Waals surface area contributed by atoms with E-state index in [9.17, 15) is 27.9 Å². The van der Waals surface area contributed by atoms with Crippen LogP contribution in [0, 0.1) is 5.92 Å². The summed E-state index contributed by atoms with van der Waals surface area (Å²) in [5.74, 6) is -2.06. The first-order valence-corrected chi connectivity index (χ1v) is 15.1. The second-order valence-corrected chi connectivity index (χ2v) is 12.0. The van der Waals surface area contributed by atoms with Gasteiger partial charge in [0.05, 0.1) is 5.69 Å². The number of nitrogens with two attached hydrogens (primary N) is 1. The molecule has 1 aromatic carbocycles. The predicted octanol–water partition coefficient (Wildman–Crippen LogP) is 3.69. The number of halogens is 1. The summed E-state index contributed by atoms with van der Waals surface area (Å²) in [6, 6.07) is 5.38. The third kappa shape index (κ3) is 9.38. The van der Waals surface area contributed by atoms with Crippen LogP contribution in [-0.2, 0) is 24.3 Å². The lowest BCUT2D eigenvalue weighted by atomic mass is 10.1. The smallest absolute Gasteiger partial charge is 0.408 e. The molecular weight excluding hydrogens is 560 g/mol. The SMILES string of the molecule is C=C[C@@H]1C[C@]1(N)C(=O)NS(=O)(=O)c1ccccc1NCCCCCCC[C@H](NC(=O)OC1CCCC1)C(=O)O.Cl. The van der Waals surface area contributed by atoms with Crippen molar-refractivity contribution >= 4 is 46.1 Å². The molecule has 0 heterocycles. The van der Waals surface area contributed by atoms with E-state index in [1.807, 2.05) is 0 Å². The molecular formula is C27H41ClN4O7S. The number of rotatable bonds is 16. The third-order valence-electron chi connectivity index (χ3n) is 7.32. The van der Waals surface area contributed by atoms with Gasteiger partial charge in [-0.2, -0.15) is 0 Å². The number of unbranched alkanes of at least 4 members (excludes halogenated alkanes) is 4. The van der Waals surface area contributed by atoms with Crippen molar-refractivity contribution in [3.05, 3.63) is 36.9 Å². The van der Waals surface area contributed by atoms with E-state index in [0.29, 0.717) is 31.5 Å². The molecule has 0 aliphatic heterocycles. The number of carboxylic acid groups (broad SMARTS) is 1. The number of amides is 2. The number of benzene rings is 1. The van der Waals surface area contributed by atoms with Crippen molar-refractivity contribution in [3.8, 4) is 0 Å². The Morgan fingerprint density at radius 2 is 1.77 bits per heavy atom. The maximum Gasteiger partial charge on any atom is 0.408 e. The standard InChI is InChI=1S/C27H40N4O7S.ClH/c1-2-19-18-27(19,28)25(34)31-39(36,37)23-16-10-9-14-21(23)29-17-11-5-3-4-6-15-22(24(32)33)30-26(35)38-20-12-7-8-13-20;/h2,9-10,14,16,19-20,22,29H,1,3-8,11-13,15,17-18,28H2,(H,30,35)(H,31,34)(H,32,33);1H/t19-,22+,27-;/m1./s1. The maximum atomic E-state index is 12.9. The largest absolute Gasteiger partial charge is 0.480 e. The number of sulfonamides is 1. The van der Waals surface area contributed by atoms with Gasteiger partial charge in [-0.25, -0.2) is 22.7 Å². The normalized spacial score (nSPS) is 21.0. The molecule has 224 valence electrons. The Morgan fingerprint density at radius 3 is 2.42 bits per heavy atom. The van der Waals surface area contributed by atoms with E-state index < -0.39 is 39.6 Å². The van der Waals surface area contributed by atoms with Crippen molar-refractivity contribution in [2.45, 2.75) is 93.2 Å². The number of carbonyl (C=O) groups excluding carboxylic acids is 2. The van der Waals surface area contributed by atoms with E-state index in [0.717, 1.165) is 51.4 Å². The summed E-state index contributed by atoms with van der Waals surface area (Å²) in [5.41, 5.74) is 5.13. The number of ether oxygens (including phenoxy) is 1. The molecule has 2 amide bonds. The minimum absolute atomic E-state index is 0. The molecule has 3 rings (SSSR count). The minimum Gasteiger partial charge on any atom is -0.480 e. The quantitative estimate of drug-likeness (QED) is 0.140. The van der Waals surface area contributed by atoms with Crippen molar-refractivity contribution in [1.29, 1.82) is 0 Å². The Morgan fingerprint density at radius 1 is 1.12 bits per heavy atom. The highest BCUT2D eigenvalue weighted by atomic mass is 35.5. The molecule has 0 radical (unpaired) electrons. The molecule has 1 aromatic rings. The van der Waals surface area contributed by atoms with Gasteiger partial charge in [-0.3, -0.25) is 4.79 Å². The van der Waals surface area contributed by atoms with Crippen molar-refractivity contribution in [1.82, 2.24) is 10.0 Å². The van der Waals surface area contributed by atoms with E-state index in [-0.39, 0.29) is 29.3 Å². The van der Waals surface area contributed by atoms with E-state index in [2.05, 4.69) is 21.9 Å². The summed E-state index contributed by atoms with van der Waals surface area (Å²) in [7, 11) is -4.11. The lowest BCUT2D eigenvalue weighted by molar-refractivity contribution is -0.139. The van der Waals surface area contributed by atoms with Gasteiger partial charge < -0.3 is 26.2 Å². The summed E-state index contributed by atoms with van der Waals surface area (Å²) in [5, 5.41) is 15.0. The Kier molecular flexibility index (Phi) is 12.7. The van der Waals surface area contributed by atoms with Crippen LogP contribution in [0.3, 0.4) is 0 Å². The average Bonchev–Trinajstić information content (AvgIpc) is 3.31. The van der Waals surface area contributed by atoms with Gasteiger partial charge in [-0.15, -0.1) is 19.0 Å². The Hall–Kier alpha value is -2.83. The monoisotopic (exact) mass is 600 g/mol. The van der Waals surface area contributed by atoms with Gasteiger partial charge in [0.25, 0.3) is 15.9 Å². The fourth-order valence-corrected chi connectivity index (χ4v) is 6.03. The fourth-order valence-electron chi connectivity index (χ4n) is 4.80. The zero-order valence-corrected chi connectivity index (χ0v) is 24.2. The Labute approximate surface area is 242 Å². The van der Waals surface area contributed by atoms with Crippen LogP contribution < -0.4 is 21.1 Å². The third-order valence-corrected chi connectivity index (χ3v) is 8.71. The summed E-state index contributed by atoms with van der Waals surface area (Å²) >= 11 is 0. The number of hydrogen-bond acceptors (Lipinski definition) is 8. The summed E-state index contributed by atoms with van der Waals surface area (Å²) in [6.07, 6.45) is 9.05. The summed E-state index contributed by atoms with van der Waals surface area (Å²) in [6.45, 7) is 4.13. The fraction of sp³-hybridized carbons (Fsp3) is 0.593. The summed E-state index contributed by atoms with van der Waals surface area (Å²) in [4.78, 5) is 35.9. The van der Waals surface area contributed by atoms with Crippen LogP contribution in [0.25, 0.3) is 0 Å². The number of hydrogen-bond donors (Lipinski definition) is 5. The van der Waals surface area contributed by atoms with Crippen molar-refractivity contribution in [2.24, 2.45) is 11.7 Å². The molecule has 3 atom stereocenters. The van der Waals surface area contributed by atoms with E-state index in [1.54, 1.807) is 24.3 Å². The van der Waals surface area contributed by atoms with Gasteiger partial charge in [0.15, 0.2) is 0 Å². The van der Waals surface area contributed by atoms with Crippen LogP contribution in [0.15, 0.2) is 41.8 Å². The first-order valence-electron chi connectivity index (χ1n) is 13.6. The molecule has 0 saturated heterocycles. The van der Waals surface area contributed by atoms with Crippen LogP contribution in [0.1, 0.15) is 70.6 Å². The Bertz CT molecular complexity index is 1140. The van der Waals surface area contributed by atoms with Gasteiger partial charge in [0.2, 0.25) is 0 Å². The molecule has 2 saturated carbocycles. The second-order valence-electron chi connectivity index (χ2n) is 10.3. The average molecular weight is 601 g/mol. The van der Waals surface area contributed by atoms with E-state index in [1.165, 1.54) is 6.07 Å². The van der Waals surface area contributed by atoms with Gasteiger partial charge in [0, 0.05) is 12.5 Å². The van der Waals surface area contributed by atoms with Gasteiger partial charge in [-0.05, 0) is 57.1 Å². The highest BCUT2D eigenvalue weighted by molar-refractivity contribution is 7.90. The number of carbonyl (C=O) groups is 3. The van der Waals surface area contributed by atoms with Crippen LogP contribution >= 0.6 is 12.4 Å². The number of alkyl carbamates (subject to hydrolysis) is 1. The molecule has 13 heteroatoms. The number of para-hydroxylation sites is 1. The van der Waals surface area contributed by atoms with Crippen molar-refractivity contribution < 1.29 is 32.6 Å². The minimum atomic E-state index is -4.11. The molecule has 0 unspecified atom stereocenters. The Balaban J connectivity index is 0.00000560. The zero-order valence-electron chi connectivity index (χ0n) is 22.6. The van der Waals surface area contributed by atoms with Crippen molar-refractivity contribution in [3.63, 3.8) is 0 Å². The number of aliphatic carboxylic acids is 1. The van der Waals surface area contributed by atoms with E-state index >= 15 is 0 Å². The molecule has 2 aliphatic carbocycles. The molecule has 0 aromatic heterocycles. The molecule has 40 heavy (non-hydrogen) atoms. The van der Waals surface area contributed by atoms with Crippen LogP contribution in [0.2, 0.25) is 0 Å².